The number of hydrogen-bond acceptors (Lipinski definition) is 1. The first-order valence-electron chi connectivity index (χ1n) is 2.47. The molecule has 0 aliphatic carbocycles. The average Bonchev–Trinajstić information content (AvgIpc) is 1.83. The Labute approximate surface area is 53.6 Å². The molecule has 0 atom stereocenters. The molecule has 0 unspecified atom stereocenters. The van der Waals surface area contributed by atoms with Crippen molar-refractivity contribution in [1.82, 2.24) is 0 Å². The minimum absolute atomic E-state index is 0.823. The van der Waals surface area contributed by atoms with E-state index in [1.54, 1.807) is 0 Å². The van der Waals surface area contributed by atoms with Crippen LogP contribution in [-0.4, -0.2) is 10.5 Å². The van der Waals surface area contributed by atoms with Gasteiger partial charge in [0.25, 0.3) is 0 Å². The summed E-state index contributed by atoms with van der Waals surface area (Å²) in [4.78, 5) is 0. The molecule has 8 heavy (non-hydrogen) atoms. The molecule has 0 heterocycles. The van der Waals surface area contributed by atoms with E-state index in [0.717, 1.165) is 5.76 Å². The number of allylic oxidation sites excluding steroid dienone is 3. The highest BCUT2D eigenvalue weighted by Crippen LogP contribution is 1.94. The quantitative estimate of drug-likeness (QED) is 0.309. The smallest absolute Gasteiger partial charge is 0.341 e. The van der Waals surface area contributed by atoms with Crippen molar-refractivity contribution < 1.29 is 4.43 Å². The molecular formula is C6H9OSi. The van der Waals surface area contributed by atoms with E-state index in [9.17, 15) is 0 Å². The SMILES string of the molecule is C/C=C(/C=C/C)O[Si]. The van der Waals surface area contributed by atoms with Gasteiger partial charge in [-0.25, -0.2) is 0 Å². The van der Waals surface area contributed by atoms with Crippen LogP contribution < -0.4 is 0 Å². The maximum atomic E-state index is 4.72. The summed E-state index contributed by atoms with van der Waals surface area (Å²) in [5.41, 5.74) is 0. The van der Waals surface area contributed by atoms with E-state index in [2.05, 4.69) is 10.5 Å². The third-order valence-corrected chi connectivity index (χ3v) is 0.969. The summed E-state index contributed by atoms with van der Waals surface area (Å²) < 4.78 is 4.72. The van der Waals surface area contributed by atoms with Gasteiger partial charge in [0, 0.05) is 0 Å². The second-order valence-corrected chi connectivity index (χ2v) is 1.50. The predicted octanol–water partition coefficient (Wildman–Crippen LogP) is 1.57. The first-order chi connectivity index (χ1) is 3.85. The maximum Gasteiger partial charge on any atom is 0.341 e. The third kappa shape index (κ3) is 2.63. The summed E-state index contributed by atoms with van der Waals surface area (Å²) in [6.07, 6.45) is 5.65. The number of hydrogen-bond donors (Lipinski definition) is 0. The molecule has 0 aliphatic heterocycles. The lowest BCUT2D eigenvalue weighted by atomic mass is 10.4. The van der Waals surface area contributed by atoms with Crippen LogP contribution in [-0.2, 0) is 4.43 Å². The molecule has 0 aromatic rings. The van der Waals surface area contributed by atoms with Crippen molar-refractivity contribution in [2.24, 2.45) is 0 Å². The third-order valence-electron chi connectivity index (χ3n) is 0.733. The van der Waals surface area contributed by atoms with Crippen LogP contribution in [0.15, 0.2) is 24.0 Å². The Morgan fingerprint density at radius 2 is 2.12 bits per heavy atom. The Morgan fingerprint density at radius 1 is 1.50 bits per heavy atom. The van der Waals surface area contributed by atoms with E-state index in [0.29, 0.717) is 0 Å². The Kier molecular flexibility index (Phi) is 4.36. The average molecular weight is 125 g/mol. The Bertz CT molecular complexity index is 102. The molecular weight excluding hydrogens is 116 g/mol. The molecule has 0 saturated carbocycles. The Hall–Kier alpha value is -0.503. The minimum atomic E-state index is 0.823. The molecule has 0 aromatic carbocycles. The molecule has 0 aliphatic rings. The second kappa shape index (κ2) is 4.65. The summed E-state index contributed by atoms with van der Waals surface area (Å²) >= 11 is 0. The highest BCUT2D eigenvalue weighted by molar-refractivity contribution is 5.98. The highest BCUT2D eigenvalue weighted by atomic mass is 28.2. The lowest BCUT2D eigenvalue weighted by molar-refractivity contribution is 0.491. The van der Waals surface area contributed by atoms with Gasteiger partial charge in [-0.05, 0) is 26.0 Å². The summed E-state index contributed by atoms with van der Waals surface area (Å²) in [6, 6.07) is 0. The van der Waals surface area contributed by atoms with Gasteiger partial charge in [-0.3, -0.25) is 0 Å². The summed E-state index contributed by atoms with van der Waals surface area (Å²) in [5, 5.41) is 0. The van der Waals surface area contributed by atoms with Crippen LogP contribution >= 0.6 is 0 Å². The molecule has 2 heteroatoms. The second-order valence-electron chi connectivity index (χ2n) is 1.29. The van der Waals surface area contributed by atoms with Crippen molar-refractivity contribution >= 4 is 10.5 Å². The Morgan fingerprint density at radius 3 is 2.25 bits per heavy atom. The number of rotatable bonds is 2. The molecule has 0 rings (SSSR count). The lowest BCUT2D eigenvalue weighted by Crippen LogP contribution is -1.80. The zero-order valence-electron chi connectivity index (χ0n) is 5.14. The van der Waals surface area contributed by atoms with E-state index in [1.807, 2.05) is 32.1 Å². The zero-order valence-corrected chi connectivity index (χ0v) is 6.14. The molecule has 0 spiro atoms. The first-order valence-corrected chi connectivity index (χ1v) is 2.88. The lowest BCUT2D eigenvalue weighted by Gasteiger charge is -1.95. The molecule has 0 saturated heterocycles. The van der Waals surface area contributed by atoms with Crippen LogP contribution in [0.4, 0.5) is 0 Å². The van der Waals surface area contributed by atoms with Crippen molar-refractivity contribution in [3.63, 3.8) is 0 Å². The molecule has 1 nitrogen and oxygen atoms in total. The van der Waals surface area contributed by atoms with Crippen LogP contribution in [0.2, 0.25) is 0 Å². The molecule has 0 fully saturated rings. The van der Waals surface area contributed by atoms with Gasteiger partial charge in [-0.1, -0.05) is 6.08 Å². The van der Waals surface area contributed by atoms with E-state index in [-0.39, 0.29) is 0 Å². The van der Waals surface area contributed by atoms with Crippen LogP contribution in [0, 0.1) is 0 Å². The van der Waals surface area contributed by atoms with Crippen molar-refractivity contribution in [3.8, 4) is 0 Å². The van der Waals surface area contributed by atoms with Gasteiger partial charge in [0.15, 0.2) is 0 Å². The Balaban J connectivity index is 3.72. The van der Waals surface area contributed by atoms with Crippen molar-refractivity contribution in [3.05, 3.63) is 24.0 Å². The molecule has 0 amide bonds. The fourth-order valence-electron chi connectivity index (χ4n) is 0.353. The van der Waals surface area contributed by atoms with Gasteiger partial charge in [0.1, 0.15) is 0 Å². The molecule has 0 aromatic heterocycles. The van der Waals surface area contributed by atoms with Crippen molar-refractivity contribution in [1.29, 1.82) is 0 Å². The summed E-state index contributed by atoms with van der Waals surface area (Å²) in [6.45, 7) is 3.85. The van der Waals surface area contributed by atoms with Gasteiger partial charge in [-0.15, -0.1) is 0 Å². The predicted molar refractivity (Wildman–Crippen MR) is 35.4 cm³/mol. The normalized spacial score (nSPS) is 12.6. The van der Waals surface area contributed by atoms with Gasteiger partial charge in [0.2, 0.25) is 0 Å². The standard InChI is InChI=1S/C6H9OSi/c1-3-5-6(4-2)7-8/h3-5H,1-2H3/b5-3+,6-4-. The van der Waals surface area contributed by atoms with E-state index < -0.39 is 0 Å². The molecule has 43 valence electrons. The largest absolute Gasteiger partial charge is 0.541 e. The highest BCUT2D eigenvalue weighted by Gasteiger charge is 1.79. The van der Waals surface area contributed by atoms with Gasteiger partial charge in [-0.2, -0.15) is 0 Å². The van der Waals surface area contributed by atoms with Crippen LogP contribution in [0.3, 0.4) is 0 Å². The fourth-order valence-corrected chi connectivity index (χ4v) is 0.539. The van der Waals surface area contributed by atoms with Gasteiger partial charge >= 0.3 is 10.5 Å². The summed E-state index contributed by atoms with van der Waals surface area (Å²) in [5.74, 6) is 0.823. The van der Waals surface area contributed by atoms with Crippen LogP contribution in [0.25, 0.3) is 0 Å². The fraction of sp³-hybridized carbons (Fsp3) is 0.333. The van der Waals surface area contributed by atoms with Crippen LogP contribution in [0.1, 0.15) is 13.8 Å². The van der Waals surface area contributed by atoms with E-state index >= 15 is 0 Å². The molecule has 3 radical (unpaired) electrons. The van der Waals surface area contributed by atoms with Crippen molar-refractivity contribution in [2.75, 3.05) is 0 Å². The molecule has 0 bridgehead atoms. The van der Waals surface area contributed by atoms with E-state index in [1.165, 1.54) is 0 Å². The molecule has 0 N–H and O–H groups in total. The van der Waals surface area contributed by atoms with Crippen LogP contribution in [0.5, 0.6) is 0 Å². The minimum Gasteiger partial charge on any atom is -0.541 e. The summed E-state index contributed by atoms with van der Waals surface area (Å²) in [7, 11) is 2.90. The van der Waals surface area contributed by atoms with Gasteiger partial charge < -0.3 is 4.43 Å². The van der Waals surface area contributed by atoms with E-state index in [4.69, 9.17) is 4.43 Å². The monoisotopic (exact) mass is 125 g/mol. The zero-order chi connectivity index (χ0) is 6.41. The topological polar surface area (TPSA) is 9.23 Å². The van der Waals surface area contributed by atoms with Crippen molar-refractivity contribution in [2.45, 2.75) is 13.8 Å². The maximum absolute atomic E-state index is 4.72. The first kappa shape index (κ1) is 7.50. The van der Waals surface area contributed by atoms with Gasteiger partial charge in [0.05, 0.1) is 5.76 Å².